The third-order valence-electron chi connectivity index (χ3n) is 2.13. The first-order valence-electron chi connectivity index (χ1n) is 5.39. The molecule has 112 valence electrons. The lowest BCUT2D eigenvalue weighted by Gasteiger charge is -2.09. The summed E-state index contributed by atoms with van der Waals surface area (Å²) in [5.41, 5.74) is 0.259. The fourth-order valence-corrected chi connectivity index (χ4v) is 2.05. The van der Waals surface area contributed by atoms with E-state index in [9.17, 15) is 22.0 Å². The number of hydrogen-bond acceptors (Lipinski definition) is 4. The maximum absolute atomic E-state index is 12.0. The number of rotatable bonds is 6. The van der Waals surface area contributed by atoms with E-state index < -0.39 is 22.4 Å². The average Bonchev–Trinajstić information content (AvgIpc) is 2.29. The van der Waals surface area contributed by atoms with Crippen LogP contribution in [0.1, 0.15) is 6.42 Å². The molecule has 1 rings (SSSR count). The van der Waals surface area contributed by atoms with Crippen LogP contribution in [0, 0.1) is 0 Å². The molecule has 0 atom stereocenters. The smallest absolute Gasteiger partial charge is 0.387 e. The molecule has 5 nitrogen and oxygen atoms in total. The quantitative estimate of drug-likeness (QED) is 0.870. The number of ether oxygens (including phenoxy) is 1. The van der Waals surface area contributed by atoms with E-state index in [1.165, 1.54) is 18.2 Å². The van der Waals surface area contributed by atoms with Gasteiger partial charge in [0.1, 0.15) is 15.6 Å². The number of carbonyl (C=O) groups is 1. The zero-order chi connectivity index (χ0) is 15.3. The summed E-state index contributed by atoms with van der Waals surface area (Å²) in [5, 5.41) is 2.31. The van der Waals surface area contributed by atoms with Crippen molar-refractivity contribution in [2.75, 3.05) is 17.3 Å². The topological polar surface area (TPSA) is 72.5 Å². The summed E-state index contributed by atoms with van der Waals surface area (Å²) in [5.74, 6) is -1.01. The second-order valence-electron chi connectivity index (χ2n) is 3.95. The number of halogens is 3. The molecule has 0 aliphatic heterocycles. The highest BCUT2D eigenvalue weighted by Crippen LogP contribution is 2.28. The Morgan fingerprint density at radius 1 is 1.45 bits per heavy atom. The third-order valence-corrected chi connectivity index (χ3v) is 3.37. The number of benzene rings is 1. The van der Waals surface area contributed by atoms with Crippen molar-refractivity contribution >= 4 is 33.0 Å². The number of nitrogens with one attached hydrogen (secondary N) is 1. The van der Waals surface area contributed by atoms with Crippen molar-refractivity contribution in [3.8, 4) is 5.75 Å². The maximum atomic E-state index is 12.0. The third kappa shape index (κ3) is 6.16. The molecule has 9 heteroatoms. The molecule has 0 aliphatic carbocycles. The van der Waals surface area contributed by atoms with Gasteiger partial charge in [0.25, 0.3) is 0 Å². The van der Waals surface area contributed by atoms with Crippen LogP contribution in [0.5, 0.6) is 5.75 Å². The predicted octanol–water partition coefficient (Wildman–Crippen LogP) is 2.31. The Kier molecular flexibility index (Phi) is 5.70. The van der Waals surface area contributed by atoms with Crippen LogP contribution in [-0.2, 0) is 14.6 Å². The molecule has 0 saturated heterocycles. The number of hydrogen-bond donors (Lipinski definition) is 1. The lowest BCUT2D eigenvalue weighted by atomic mass is 10.3. The summed E-state index contributed by atoms with van der Waals surface area (Å²) in [4.78, 5) is 11.5. The summed E-state index contributed by atoms with van der Waals surface area (Å²) in [6.45, 7) is -3.00. The molecule has 0 spiro atoms. The van der Waals surface area contributed by atoms with Crippen molar-refractivity contribution in [1.82, 2.24) is 0 Å². The van der Waals surface area contributed by atoms with Gasteiger partial charge in [0, 0.05) is 18.4 Å². The van der Waals surface area contributed by atoms with Crippen molar-refractivity contribution < 1.29 is 26.7 Å². The molecule has 0 bridgehead atoms. The van der Waals surface area contributed by atoms with Crippen LogP contribution < -0.4 is 10.1 Å². The van der Waals surface area contributed by atoms with Crippen molar-refractivity contribution in [2.24, 2.45) is 0 Å². The van der Waals surface area contributed by atoms with Crippen LogP contribution in [0.25, 0.3) is 0 Å². The van der Waals surface area contributed by atoms with Gasteiger partial charge in [-0.15, -0.1) is 0 Å². The molecule has 0 aromatic heterocycles. The normalized spacial score (nSPS) is 11.4. The van der Waals surface area contributed by atoms with E-state index in [0.29, 0.717) is 0 Å². The standard InChI is InChI=1S/C11H12ClF2NO4S/c1-20(17,18)5-4-10(16)15-7-2-3-9(8(12)6-7)19-11(13)14/h2-3,6,11H,4-5H2,1H3,(H,15,16). The van der Waals surface area contributed by atoms with E-state index in [2.05, 4.69) is 10.1 Å². The summed E-state index contributed by atoms with van der Waals surface area (Å²) in [6.07, 6.45) is 0.819. The summed E-state index contributed by atoms with van der Waals surface area (Å²) in [7, 11) is -3.23. The minimum Gasteiger partial charge on any atom is -0.433 e. The molecule has 0 heterocycles. The Morgan fingerprint density at radius 3 is 2.60 bits per heavy atom. The van der Waals surface area contributed by atoms with Crippen LogP contribution >= 0.6 is 11.6 Å². The van der Waals surface area contributed by atoms with E-state index >= 15 is 0 Å². The fraction of sp³-hybridized carbons (Fsp3) is 0.364. The van der Waals surface area contributed by atoms with E-state index in [0.717, 1.165) is 6.26 Å². The molecule has 1 amide bonds. The van der Waals surface area contributed by atoms with Crippen LogP contribution in [0.15, 0.2) is 18.2 Å². The highest BCUT2D eigenvalue weighted by atomic mass is 35.5. The zero-order valence-corrected chi connectivity index (χ0v) is 12.0. The largest absolute Gasteiger partial charge is 0.433 e. The Labute approximate surface area is 119 Å². The van der Waals surface area contributed by atoms with Gasteiger partial charge < -0.3 is 10.1 Å². The van der Waals surface area contributed by atoms with E-state index in [-0.39, 0.29) is 28.6 Å². The van der Waals surface area contributed by atoms with E-state index in [1.807, 2.05) is 0 Å². The molecule has 1 N–H and O–H groups in total. The van der Waals surface area contributed by atoms with Crippen LogP contribution in [0.3, 0.4) is 0 Å². The fourth-order valence-electron chi connectivity index (χ4n) is 1.27. The molecular formula is C11H12ClF2NO4S. The summed E-state index contributed by atoms with van der Waals surface area (Å²) < 4.78 is 50.0. The minimum atomic E-state index is -3.23. The van der Waals surface area contributed by atoms with Gasteiger partial charge in [-0.25, -0.2) is 8.42 Å². The highest BCUT2D eigenvalue weighted by molar-refractivity contribution is 7.90. The van der Waals surface area contributed by atoms with Crippen molar-refractivity contribution in [1.29, 1.82) is 0 Å². The second-order valence-corrected chi connectivity index (χ2v) is 6.62. The van der Waals surface area contributed by atoms with Gasteiger partial charge in [-0.1, -0.05) is 11.6 Å². The van der Waals surface area contributed by atoms with Gasteiger partial charge in [0.2, 0.25) is 5.91 Å². The van der Waals surface area contributed by atoms with Gasteiger partial charge in [-0.2, -0.15) is 8.78 Å². The lowest BCUT2D eigenvalue weighted by Crippen LogP contribution is -2.16. The first-order chi connectivity index (χ1) is 9.17. The molecule has 0 unspecified atom stereocenters. The van der Waals surface area contributed by atoms with E-state index in [4.69, 9.17) is 11.6 Å². The molecule has 0 aliphatic rings. The van der Waals surface area contributed by atoms with Crippen LogP contribution in [0.4, 0.5) is 14.5 Å². The Bertz CT molecular complexity index is 592. The maximum Gasteiger partial charge on any atom is 0.387 e. The Morgan fingerprint density at radius 2 is 2.10 bits per heavy atom. The molecule has 0 saturated carbocycles. The number of carbonyl (C=O) groups excluding carboxylic acids is 1. The van der Waals surface area contributed by atoms with Crippen molar-refractivity contribution in [3.05, 3.63) is 23.2 Å². The highest BCUT2D eigenvalue weighted by Gasteiger charge is 2.11. The van der Waals surface area contributed by atoms with Gasteiger partial charge >= 0.3 is 6.61 Å². The monoisotopic (exact) mass is 327 g/mol. The van der Waals surface area contributed by atoms with Crippen LogP contribution in [0.2, 0.25) is 5.02 Å². The van der Waals surface area contributed by atoms with Gasteiger partial charge in [0.15, 0.2) is 0 Å². The first kappa shape index (κ1) is 16.6. The van der Waals surface area contributed by atoms with Gasteiger partial charge in [0.05, 0.1) is 10.8 Å². The average molecular weight is 328 g/mol. The molecule has 0 fully saturated rings. The molecule has 1 aromatic rings. The van der Waals surface area contributed by atoms with E-state index in [1.54, 1.807) is 0 Å². The zero-order valence-electron chi connectivity index (χ0n) is 10.4. The van der Waals surface area contributed by atoms with Crippen LogP contribution in [-0.4, -0.2) is 32.9 Å². The van der Waals surface area contributed by atoms with Gasteiger partial charge in [-0.05, 0) is 18.2 Å². The second kappa shape index (κ2) is 6.85. The number of alkyl halides is 2. The number of amides is 1. The minimum absolute atomic E-state index is 0.0915. The Hall–Kier alpha value is -1.41. The molecule has 1 aromatic carbocycles. The molecule has 20 heavy (non-hydrogen) atoms. The first-order valence-corrected chi connectivity index (χ1v) is 7.83. The predicted molar refractivity (Wildman–Crippen MR) is 71.0 cm³/mol. The summed E-state index contributed by atoms with van der Waals surface area (Å²) >= 11 is 5.70. The van der Waals surface area contributed by atoms with Crippen molar-refractivity contribution in [3.63, 3.8) is 0 Å². The Balaban J connectivity index is 2.65. The molecular weight excluding hydrogens is 316 g/mol. The number of anilines is 1. The number of sulfone groups is 1. The SMILES string of the molecule is CS(=O)(=O)CCC(=O)Nc1ccc(OC(F)F)c(Cl)c1. The lowest BCUT2D eigenvalue weighted by molar-refractivity contribution is -0.115. The molecule has 0 radical (unpaired) electrons. The van der Waals surface area contributed by atoms with Gasteiger partial charge in [-0.3, -0.25) is 4.79 Å². The summed E-state index contributed by atoms with van der Waals surface area (Å²) in [6, 6.07) is 3.74. The van der Waals surface area contributed by atoms with Crippen molar-refractivity contribution in [2.45, 2.75) is 13.0 Å².